The second-order valence-corrected chi connectivity index (χ2v) is 11.3. The molecule has 2 saturated heterocycles. The molecule has 1 N–H and O–H groups in total. The van der Waals surface area contributed by atoms with Crippen molar-refractivity contribution in [3.8, 4) is 0 Å². The molecule has 0 saturated carbocycles. The lowest BCUT2D eigenvalue weighted by molar-refractivity contribution is -0.0488. The van der Waals surface area contributed by atoms with Crippen molar-refractivity contribution >= 4 is 16.2 Å². The Morgan fingerprint density at radius 1 is 1.06 bits per heavy atom. The van der Waals surface area contributed by atoms with Crippen molar-refractivity contribution in [2.45, 2.75) is 63.1 Å². The van der Waals surface area contributed by atoms with Crippen molar-refractivity contribution < 1.29 is 22.5 Å². The van der Waals surface area contributed by atoms with Crippen molar-refractivity contribution in [2.24, 2.45) is 0 Å². The molecule has 0 radical (unpaired) electrons. The molecule has 2 aliphatic rings. The Morgan fingerprint density at radius 3 is 2.21 bits per heavy atom. The Kier molecular flexibility index (Phi) is 7.51. The van der Waals surface area contributed by atoms with Gasteiger partial charge in [0.05, 0.1) is 10.4 Å². The summed E-state index contributed by atoms with van der Waals surface area (Å²) >= 11 is 0. The molecule has 7 nitrogen and oxygen atoms in total. The van der Waals surface area contributed by atoms with Gasteiger partial charge in [-0.15, -0.1) is 0 Å². The lowest BCUT2D eigenvalue weighted by Crippen LogP contribution is -2.68. The molecule has 0 atom stereocenters. The quantitative estimate of drug-likeness (QED) is 0.659. The van der Waals surface area contributed by atoms with Crippen LogP contribution in [0.3, 0.4) is 0 Å². The van der Waals surface area contributed by atoms with Gasteiger partial charge in [0.2, 0.25) is 0 Å². The van der Waals surface area contributed by atoms with Crippen molar-refractivity contribution in [3.05, 3.63) is 65.7 Å². The second kappa shape index (κ2) is 9.83. The highest BCUT2D eigenvalue weighted by atomic mass is 32.2. The average molecular weight is 475 g/mol. The zero-order chi connectivity index (χ0) is 24.3. The van der Waals surface area contributed by atoms with E-state index in [1.54, 1.807) is 12.1 Å². The average Bonchev–Trinajstić information content (AvgIpc) is 3.13. The molecule has 8 heteroatoms. The van der Waals surface area contributed by atoms with E-state index in [4.69, 9.17) is 9.29 Å². The standard InChI is InChI=1S/C18H26N2O2.C7H8O3S/c1-17(2,3)22-16(21)20-11-7-10-18(20)13-19(14-18)12-15-8-5-4-6-9-15;1-6-2-4-7(5-3-6)11(8,9)10/h4-6,8-9H,7,10-14H2,1-3H3;2-5H,1H3,(H,8,9,10). The maximum atomic E-state index is 12.4. The van der Waals surface area contributed by atoms with Crippen molar-refractivity contribution in [3.63, 3.8) is 0 Å². The van der Waals surface area contributed by atoms with E-state index in [0.29, 0.717) is 0 Å². The van der Waals surface area contributed by atoms with Crippen LogP contribution in [0, 0.1) is 6.92 Å². The zero-order valence-corrected chi connectivity index (χ0v) is 20.6. The van der Waals surface area contributed by atoms with Crippen LogP contribution in [0.5, 0.6) is 0 Å². The molecule has 0 bridgehead atoms. The van der Waals surface area contributed by atoms with E-state index in [9.17, 15) is 13.2 Å². The third-order valence-corrected chi connectivity index (χ3v) is 6.68. The minimum Gasteiger partial charge on any atom is -0.444 e. The van der Waals surface area contributed by atoms with Gasteiger partial charge in [-0.3, -0.25) is 14.4 Å². The van der Waals surface area contributed by atoms with Gasteiger partial charge >= 0.3 is 6.09 Å². The second-order valence-electron chi connectivity index (χ2n) is 9.88. The molecule has 2 aliphatic heterocycles. The molecule has 0 aromatic heterocycles. The van der Waals surface area contributed by atoms with Gasteiger partial charge in [-0.25, -0.2) is 4.79 Å². The summed E-state index contributed by atoms with van der Waals surface area (Å²) in [6.45, 7) is 11.3. The van der Waals surface area contributed by atoms with Crippen LogP contribution in [-0.4, -0.2) is 59.6 Å². The van der Waals surface area contributed by atoms with Gasteiger partial charge in [0.25, 0.3) is 10.1 Å². The smallest absolute Gasteiger partial charge is 0.410 e. The van der Waals surface area contributed by atoms with E-state index in [-0.39, 0.29) is 16.5 Å². The molecular weight excluding hydrogens is 440 g/mol. The molecule has 180 valence electrons. The van der Waals surface area contributed by atoms with E-state index in [2.05, 4.69) is 29.2 Å². The van der Waals surface area contributed by atoms with Crippen molar-refractivity contribution in [1.29, 1.82) is 0 Å². The molecule has 2 aromatic carbocycles. The number of ether oxygens (including phenoxy) is 1. The first kappa shape index (κ1) is 25.2. The Bertz CT molecular complexity index is 1040. The number of carbonyl (C=O) groups excluding carboxylic acids is 1. The Hall–Kier alpha value is -2.42. The van der Waals surface area contributed by atoms with Crippen LogP contribution in [0.25, 0.3) is 0 Å². The summed E-state index contributed by atoms with van der Waals surface area (Å²) in [6, 6.07) is 16.5. The first-order valence-corrected chi connectivity index (χ1v) is 12.6. The number of hydrogen-bond donors (Lipinski definition) is 1. The van der Waals surface area contributed by atoms with E-state index < -0.39 is 15.7 Å². The van der Waals surface area contributed by atoms with Crippen LogP contribution in [0.2, 0.25) is 0 Å². The molecule has 2 fully saturated rings. The first-order valence-electron chi connectivity index (χ1n) is 11.2. The van der Waals surface area contributed by atoms with Gasteiger partial charge in [0.15, 0.2) is 0 Å². The molecule has 0 aliphatic carbocycles. The maximum absolute atomic E-state index is 12.4. The summed E-state index contributed by atoms with van der Waals surface area (Å²) in [5.41, 5.74) is 1.88. The highest BCUT2D eigenvalue weighted by molar-refractivity contribution is 7.85. The maximum Gasteiger partial charge on any atom is 0.410 e. The first-order chi connectivity index (χ1) is 15.4. The monoisotopic (exact) mass is 474 g/mol. The number of amides is 1. The van der Waals surface area contributed by atoms with Crippen LogP contribution >= 0.6 is 0 Å². The number of likely N-dealkylation sites (tertiary alicyclic amines) is 2. The SMILES string of the molecule is CC(C)(C)OC(=O)N1CCCC12CN(Cc1ccccc1)C2.Cc1ccc(S(=O)(=O)O)cc1. The molecule has 0 unspecified atom stereocenters. The van der Waals surface area contributed by atoms with Gasteiger partial charge in [-0.05, 0) is 58.2 Å². The number of aryl methyl sites for hydroxylation is 1. The number of benzene rings is 2. The van der Waals surface area contributed by atoms with Gasteiger partial charge in [-0.1, -0.05) is 48.0 Å². The highest BCUT2D eigenvalue weighted by Gasteiger charge is 2.52. The van der Waals surface area contributed by atoms with E-state index >= 15 is 0 Å². The minimum absolute atomic E-state index is 0.0110. The Labute approximate surface area is 197 Å². The van der Waals surface area contributed by atoms with Crippen molar-refractivity contribution in [1.82, 2.24) is 9.80 Å². The molecule has 33 heavy (non-hydrogen) atoms. The fourth-order valence-corrected chi connectivity index (χ4v) is 4.80. The summed E-state index contributed by atoms with van der Waals surface area (Å²) in [4.78, 5) is 16.7. The minimum atomic E-state index is -4.02. The topological polar surface area (TPSA) is 87.2 Å². The third kappa shape index (κ3) is 6.79. The van der Waals surface area contributed by atoms with E-state index in [1.807, 2.05) is 38.7 Å². The van der Waals surface area contributed by atoms with Crippen LogP contribution < -0.4 is 0 Å². The lowest BCUT2D eigenvalue weighted by atomic mass is 9.86. The molecule has 1 amide bonds. The summed E-state index contributed by atoms with van der Waals surface area (Å²) in [5, 5.41) is 0. The number of rotatable bonds is 3. The Balaban J connectivity index is 0.000000235. The normalized spacial score (nSPS) is 17.8. The molecular formula is C25H34N2O5S. The van der Waals surface area contributed by atoms with Crippen LogP contribution in [0.1, 0.15) is 44.7 Å². The summed E-state index contributed by atoms with van der Waals surface area (Å²) in [6.07, 6.45) is 2.03. The fraction of sp³-hybridized carbons (Fsp3) is 0.480. The summed E-state index contributed by atoms with van der Waals surface area (Å²) in [5.74, 6) is 0. The van der Waals surface area contributed by atoms with Gasteiger partial charge in [0, 0.05) is 26.2 Å². The number of hydrogen-bond acceptors (Lipinski definition) is 5. The predicted octanol–water partition coefficient (Wildman–Crippen LogP) is 4.51. The van der Waals surface area contributed by atoms with Crippen LogP contribution in [-0.2, 0) is 21.4 Å². The van der Waals surface area contributed by atoms with Crippen LogP contribution in [0.15, 0.2) is 59.5 Å². The zero-order valence-electron chi connectivity index (χ0n) is 19.8. The number of nitrogens with zero attached hydrogens (tertiary/aromatic N) is 2. The van der Waals surface area contributed by atoms with Crippen LogP contribution in [0.4, 0.5) is 4.79 Å². The Morgan fingerprint density at radius 2 is 1.67 bits per heavy atom. The summed E-state index contributed by atoms with van der Waals surface area (Å²) < 4.78 is 35.1. The van der Waals surface area contributed by atoms with Gasteiger partial charge in [0.1, 0.15) is 5.60 Å². The third-order valence-electron chi connectivity index (χ3n) is 5.81. The molecule has 2 aromatic rings. The largest absolute Gasteiger partial charge is 0.444 e. The lowest BCUT2D eigenvalue weighted by Gasteiger charge is -2.52. The summed E-state index contributed by atoms with van der Waals surface area (Å²) in [7, 11) is -4.02. The molecule has 4 rings (SSSR count). The van der Waals surface area contributed by atoms with Gasteiger partial charge < -0.3 is 4.74 Å². The highest BCUT2D eigenvalue weighted by Crippen LogP contribution is 2.39. The van der Waals surface area contributed by atoms with Gasteiger partial charge in [-0.2, -0.15) is 8.42 Å². The fourth-order valence-electron chi connectivity index (χ4n) is 4.32. The molecule has 2 heterocycles. The number of carbonyl (C=O) groups is 1. The van der Waals surface area contributed by atoms with Crippen molar-refractivity contribution in [2.75, 3.05) is 19.6 Å². The van der Waals surface area contributed by atoms with E-state index in [1.165, 1.54) is 17.7 Å². The van der Waals surface area contributed by atoms with E-state index in [0.717, 1.165) is 44.6 Å². The molecule has 1 spiro atoms. The predicted molar refractivity (Wildman–Crippen MR) is 128 cm³/mol.